The first kappa shape index (κ1) is 18.0. The van der Waals surface area contributed by atoms with Crippen molar-refractivity contribution in [3.8, 4) is 5.69 Å². The lowest BCUT2D eigenvalue weighted by atomic mass is 10.2. The van der Waals surface area contributed by atoms with E-state index in [1.165, 1.54) is 29.1 Å². The number of halogens is 3. The van der Waals surface area contributed by atoms with E-state index in [0.717, 1.165) is 12.1 Å². The van der Waals surface area contributed by atoms with Gasteiger partial charge in [0.2, 0.25) is 0 Å². The highest BCUT2D eigenvalue weighted by Crippen LogP contribution is 2.30. The number of nitrogens with one attached hydrogen (secondary N) is 1. The third kappa shape index (κ3) is 4.58. The normalized spacial score (nSPS) is 12.9. The summed E-state index contributed by atoms with van der Waals surface area (Å²) < 4.78 is 39.4. The predicted octanol–water partition coefficient (Wildman–Crippen LogP) is 2.78. The van der Waals surface area contributed by atoms with Crippen LogP contribution in [0.25, 0.3) is 5.69 Å². The minimum Gasteiger partial charge on any atom is -0.393 e. The number of aromatic nitrogens is 2. The summed E-state index contributed by atoms with van der Waals surface area (Å²) in [6, 6.07) is 6.12. The molecule has 0 radical (unpaired) electrons. The molecule has 1 aromatic carbocycles. The summed E-state index contributed by atoms with van der Waals surface area (Å²) in [6.45, 7) is 2.13. The smallest absolute Gasteiger partial charge is 0.393 e. The summed E-state index contributed by atoms with van der Waals surface area (Å²) in [4.78, 5) is 11.9. The Morgan fingerprint density at radius 3 is 2.79 bits per heavy atom. The number of amides is 1. The highest BCUT2D eigenvalue weighted by Gasteiger charge is 2.30. The van der Waals surface area contributed by atoms with Crippen LogP contribution in [0.15, 0.2) is 36.5 Å². The van der Waals surface area contributed by atoms with Crippen molar-refractivity contribution in [2.75, 3.05) is 6.54 Å². The molecular formula is C16H18F3N3O2. The maximum atomic E-state index is 12.7. The van der Waals surface area contributed by atoms with Gasteiger partial charge in [-0.15, -0.1) is 0 Å². The van der Waals surface area contributed by atoms with E-state index < -0.39 is 23.8 Å². The van der Waals surface area contributed by atoms with Gasteiger partial charge in [-0.1, -0.05) is 13.0 Å². The van der Waals surface area contributed by atoms with Gasteiger partial charge in [-0.3, -0.25) is 4.79 Å². The van der Waals surface area contributed by atoms with Gasteiger partial charge in [0.1, 0.15) is 0 Å². The predicted molar refractivity (Wildman–Crippen MR) is 81.8 cm³/mol. The van der Waals surface area contributed by atoms with Crippen LogP contribution in [0.3, 0.4) is 0 Å². The second-order valence-electron chi connectivity index (χ2n) is 5.30. The lowest BCUT2D eigenvalue weighted by molar-refractivity contribution is -0.137. The van der Waals surface area contributed by atoms with Gasteiger partial charge in [0.15, 0.2) is 5.69 Å². The topological polar surface area (TPSA) is 67.2 Å². The number of alkyl halides is 3. The Hall–Kier alpha value is -2.35. The Morgan fingerprint density at radius 2 is 2.12 bits per heavy atom. The van der Waals surface area contributed by atoms with Crippen LogP contribution < -0.4 is 5.32 Å². The van der Waals surface area contributed by atoms with Crippen LogP contribution >= 0.6 is 0 Å². The van der Waals surface area contributed by atoms with Crippen molar-refractivity contribution in [3.63, 3.8) is 0 Å². The lowest BCUT2D eigenvalue weighted by Gasteiger charge is -2.09. The summed E-state index contributed by atoms with van der Waals surface area (Å²) in [5, 5.41) is 16.0. The number of aliphatic hydroxyl groups excluding tert-OH is 1. The molecule has 0 saturated heterocycles. The fraction of sp³-hybridized carbons (Fsp3) is 0.375. The maximum Gasteiger partial charge on any atom is 0.416 e. The highest BCUT2D eigenvalue weighted by molar-refractivity contribution is 5.92. The Kier molecular flexibility index (Phi) is 5.61. The zero-order valence-electron chi connectivity index (χ0n) is 13.0. The first-order chi connectivity index (χ1) is 11.3. The van der Waals surface area contributed by atoms with Gasteiger partial charge in [-0.05, 0) is 37.1 Å². The molecule has 2 rings (SSSR count). The number of hydrogen-bond donors (Lipinski definition) is 2. The van der Waals surface area contributed by atoms with Gasteiger partial charge in [0.05, 0.1) is 17.4 Å². The highest BCUT2D eigenvalue weighted by atomic mass is 19.4. The van der Waals surface area contributed by atoms with E-state index in [1.54, 1.807) is 0 Å². The zero-order valence-corrected chi connectivity index (χ0v) is 13.0. The molecule has 0 bridgehead atoms. The SMILES string of the molecule is CCC(O)CCNC(=O)c1ccn(-c2cccc(C(F)(F)F)c2)n1. The maximum absolute atomic E-state index is 12.7. The van der Waals surface area contributed by atoms with Crippen LogP contribution in [0.2, 0.25) is 0 Å². The number of nitrogens with zero attached hydrogens (tertiary/aromatic N) is 2. The fourth-order valence-corrected chi connectivity index (χ4v) is 2.06. The molecule has 8 heteroatoms. The standard InChI is InChI=1S/C16H18F3N3O2/c1-2-13(23)6-8-20-15(24)14-7-9-22(21-14)12-5-3-4-11(10-12)16(17,18)19/h3-5,7,9-10,13,23H,2,6,8H2,1H3,(H,20,24). The minimum absolute atomic E-state index is 0.0957. The number of benzene rings is 1. The Labute approximate surface area is 137 Å². The van der Waals surface area contributed by atoms with Crippen molar-refractivity contribution in [3.05, 3.63) is 47.8 Å². The molecule has 0 aliphatic heterocycles. The summed E-state index contributed by atoms with van der Waals surface area (Å²) in [5.74, 6) is -0.441. The molecule has 1 heterocycles. The first-order valence-corrected chi connectivity index (χ1v) is 7.51. The molecule has 1 aromatic heterocycles. The second-order valence-corrected chi connectivity index (χ2v) is 5.30. The Bertz CT molecular complexity index is 698. The quantitative estimate of drug-likeness (QED) is 0.849. The summed E-state index contributed by atoms with van der Waals surface area (Å²) in [7, 11) is 0. The van der Waals surface area contributed by atoms with Gasteiger partial charge in [0, 0.05) is 12.7 Å². The van der Waals surface area contributed by atoms with E-state index in [9.17, 15) is 23.1 Å². The van der Waals surface area contributed by atoms with Crippen LogP contribution in [0.4, 0.5) is 13.2 Å². The van der Waals surface area contributed by atoms with Crippen LogP contribution in [0.1, 0.15) is 35.8 Å². The van der Waals surface area contributed by atoms with Crippen molar-refractivity contribution in [1.29, 1.82) is 0 Å². The zero-order chi connectivity index (χ0) is 17.7. The van der Waals surface area contributed by atoms with Crippen molar-refractivity contribution in [2.24, 2.45) is 0 Å². The monoisotopic (exact) mass is 341 g/mol. The Balaban J connectivity index is 2.06. The molecule has 0 spiro atoms. The largest absolute Gasteiger partial charge is 0.416 e. The van der Waals surface area contributed by atoms with Crippen molar-refractivity contribution >= 4 is 5.91 Å². The molecule has 2 aromatic rings. The van der Waals surface area contributed by atoms with Gasteiger partial charge in [0.25, 0.3) is 5.91 Å². The third-order valence-electron chi connectivity index (χ3n) is 3.49. The van der Waals surface area contributed by atoms with Crippen LogP contribution in [-0.2, 0) is 6.18 Å². The summed E-state index contributed by atoms with van der Waals surface area (Å²) in [5.41, 5.74) is -0.473. The molecule has 1 unspecified atom stereocenters. The number of carbonyl (C=O) groups is 1. The number of rotatable bonds is 6. The average molecular weight is 341 g/mol. The molecule has 0 aliphatic rings. The molecule has 2 N–H and O–H groups in total. The van der Waals surface area contributed by atoms with Crippen LogP contribution in [0.5, 0.6) is 0 Å². The van der Waals surface area contributed by atoms with E-state index >= 15 is 0 Å². The molecule has 1 amide bonds. The van der Waals surface area contributed by atoms with E-state index in [0.29, 0.717) is 19.4 Å². The van der Waals surface area contributed by atoms with Crippen LogP contribution in [0, 0.1) is 0 Å². The molecule has 0 fully saturated rings. The molecule has 130 valence electrons. The molecule has 24 heavy (non-hydrogen) atoms. The Morgan fingerprint density at radius 1 is 1.38 bits per heavy atom. The van der Waals surface area contributed by atoms with E-state index in [2.05, 4.69) is 10.4 Å². The minimum atomic E-state index is -4.44. The average Bonchev–Trinajstić information content (AvgIpc) is 3.04. The van der Waals surface area contributed by atoms with E-state index in [-0.39, 0.29) is 11.4 Å². The van der Waals surface area contributed by atoms with E-state index in [4.69, 9.17) is 0 Å². The number of hydrogen-bond acceptors (Lipinski definition) is 3. The van der Waals surface area contributed by atoms with Gasteiger partial charge in [-0.2, -0.15) is 18.3 Å². The fourth-order valence-electron chi connectivity index (χ4n) is 2.06. The molecule has 0 saturated carbocycles. The number of aliphatic hydroxyl groups is 1. The lowest BCUT2D eigenvalue weighted by Crippen LogP contribution is -2.27. The second kappa shape index (κ2) is 7.48. The van der Waals surface area contributed by atoms with Gasteiger partial charge < -0.3 is 10.4 Å². The number of carbonyl (C=O) groups excluding carboxylic acids is 1. The molecular weight excluding hydrogens is 323 g/mol. The summed E-state index contributed by atoms with van der Waals surface area (Å²) in [6.07, 6.45) is -2.47. The van der Waals surface area contributed by atoms with Crippen molar-refractivity contribution in [1.82, 2.24) is 15.1 Å². The van der Waals surface area contributed by atoms with E-state index in [1.807, 2.05) is 6.92 Å². The third-order valence-corrected chi connectivity index (χ3v) is 3.49. The molecule has 5 nitrogen and oxygen atoms in total. The van der Waals surface area contributed by atoms with Crippen molar-refractivity contribution < 1.29 is 23.1 Å². The van der Waals surface area contributed by atoms with Crippen molar-refractivity contribution in [2.45, 2.75) is 32.0 Å². The van der Waals surface area contributed by atoms with Gasteiger partial charge in [-0.25, -0.2) is 4.68 Å². The van der Waals surface area contributed by atoms with Gasteiger partial charge >= 0.3 is 6.18 Å². The summed E-state index contributed by atoms with van der Waals surface area (Å²) >= 11 is 0. The first-order valence-electron chi connectivity index (χ1n) is 7.51. The molecule has 0 aliphatic carbocycles. The van der Waals surface area contributed by atoms with Crippen LogP contribution in [-0.4, -0.2) is 33.4 Å². The molecule has 1 atom stereocenters.